The number of aromatic hydroxyl groups is 1. The van der Waals surface area contributed by atoms with E-state index >= 15 is 0 Å². The number of carbonyl (C=O) groups is 1. The molecule has 0 saturated heterocycles. The van der Waals surface area contributed by atoms with E-state index < -0.39 is 0 Å². The number of phenols is 1. The molecule has 68 valence electrons. The smallest absolute Gasteiger partial charge is 0.183 e. The maximum absolute atomic E-state index is 11.5. The Morgan fingerprint density at radius 2 is 2.31 bits per heavy atom. The summed E-state index contributed by atoms with van der Waals surface area (Å²) in [6.07, 6.45) is 0. The van der Waals surface area contributed by atoms with Gasteiger partial charge in [-0.2, -0.15) is 0 Å². The Bertz CT molecular complexity index is 362. The van der Waals surface area contributed by atoms with E-state index in [1.165, 1.54) is 12.1 Å². The molecule has 1 heterocycles. The van der Waals surface area contributed by atoms with E-state index in [1.807, 2.05) is 0 Å². The van der Waals surface area contributed by atoms with Crippen LogP contribution in [0.15, 0.2) is 18.2 Å². The maximum Gasteiger partial charge on any atom is 0.183 e. The summed E-state index contributed by atoms with van der Waals surface area (Å²) in [5, 5.41) is 9.14. The van der Waals surface area contributed by atoms with Gasteiger partial charge in [0.25, 0.3) is 0 Å². The van der Waals surface area contributed by atoms with Gasteiger partial charge < -0.3 is 9.84 Å². The van der Waals surface area contributed by atoms with Crippen molar-refractivity contribution in [2.75, 3.05) is 6.61 Å². The fourth-order valence-corrected chi connectivity index (χ4v) is 1.62. The number of benzene rings is 1. The first-order valence-electron chi connectivity index (χ1n) is 3.82. The molecule has 4 heteroatoms. The van der Waals surface area contributed by atoms with Crippen LogP contribution in [0.2, 0.25) is 0 Å². The molecule has 1 N–H and O–H groups in total. The predicted molar refractivity (Wildman–Crippen MR) is 50.6 cm³/mol. The first-order valence-corrected chi connectivity index (χ1v) is 4.74. The van der Waals surface area contributed by atoms with E-state index in [0.29, 0.717) is 17.9 Å². The molecule has 1 aliphatic heterocycles. The highest BCUT2D eigenvalue weighted by Crippen LogP contribution is 2.30. The van der Waals surface area contributed by atoms with Gasteiger partial charge in [-0.3, -0.25) is 4.79 Å². The predicted octanol–water partition coefficient (Wildman–Crippen LogP) is 1.73. The molecule has 1 aromatic carbocycles. The Balaban J connectivity index is 2.50. The lowest BCUT2D eigenvalue weighted by molar-refractivity contribution is 0.0946. The number of alkyl halides is 1. The highest BCUT2D eigenvalue weighted by atomic mass is 79.9. The first kappa shape index (κ1) is 8.56. The van der Waals surface area contributed by atoms with Gasteiger partial charge in [0.2, 0.25) is 0 Å². The van der Waals surface area contributed by atoms with Gasteiger partial charge in [0.1, 0.15) is 22.9 Å². The second-order valence-corrected chi connectivity index (χ2v) is 3.93. The van der Waals surface area contributed by atoms with Crippen LogP contribution in [0.3, 0.4) is 0 Å². The van der Waals surface area contributed by atoms with Gasteiger partial charge in [-0.15, -0.1) is 0 Å². The highest BCUT2D eigenvalue weighted by Gasteiger charge is 2.26. The van der Waals surface area contributed by atoms with Crippen molar-refractivity contribution >= 4 is 21.7 Å². The van der Waals surface area contributed by atoms with E-state index in [4.69, 9.17) is 9.84 Å². The van der Waals surface area contributed by atoms with Crippen LogP contribution < -0.4 is 4.74 Å². The third-order valence-electron chi connectivity index (χ3n) is 1.90. The third kappa shape index (κ3) is 1.42. The van der Waals surface area contributed by atoms with Gasteiger partial charge in [0.05, 0.1) is 5.56 Å². The van der Waals surface area contributed by atoms with Crippen LogP contribution in [-0.2, 0) is 0 Å². The number of phenolic OH excluding ortho intramolecular Hbond substituents is 1. The van der Waals surface area contributed by atoms with Crippen molar-refractivity contribution in [2.24, 2.45) is 0 Å². The lowest BCUT2D eigenvalue weighted by Crippen LogP contribution is -2.27. The molecule has 1 aromatic rings. The molecule has 0 unspecified atom stereocenters. The number of rotatable bonds is 0. The molecule has 0 aliphatic carbocycles. The van der Waals surface area contributed by atoms with Crippen molar-refractivity contribution in [3.8, 4) is 11.5 Å². The molecule has 0 spiro atoms. The van der Waals surface area contributed by atoms with Crippen molar-refractivity contribution < 1.29 is 14.6 Å². The Kier molecular flexibility index (Phi) is 2.00. The molecule has 0 fully saturated rings. The molecule has 1 aliphatic rings. The number of hydrogen-bond acceptors (Lipinski definition) is 3. The number of carbonyl (C=O) groups excluding carboxylic acids is 1. The molecule has 1 atom stereocenters. The Labute approximate surface area is 83.5 Å². The molecule has 0 bridgehead atoms. The van der Waals surface area contributed by atoms with Gasteiger partial charge >= 0.3 is 0 Å². The van der Waals surface area contributed by atoms with E-state index in [2.05, 4.69) is 15.9 Å². The van der Waals surface area contributed by atoms with Crippen molar-refractivity contribution in [1.82, 2.24) is 0 Å². The minimum absolute atomic E-state index is 0.00116. The van der Waals surface area contributed by atoms with Crippen LogP contribution in [0, 0.1) is 0 Å². The van der Waals surface area contributed by atoms with Gasteiger partial charge in [-0.1, -0.05) is 15.9 Å². The standard InChI is InChI=1S/C9H7BrO3/c10-7-4-13-8-3-5(11)1-2-6(8)9(7)12/h1-3,7,11H,4H2/t7-/m0/s1. The zero-order valence-electron chi connectivity index (χ0n) is 6.66. The average Bonchev–Trinajstić information content (AvgIpc) is 2.12. The summed E-state index contributed by atoms with van der Waals surface area (Å²) < 4.78 is 5.26. The number of halogens is 1. The summed E-state index contributed by atoms with van der Waals surface area (Å²) in [5.41, 5.74) is 0.519. The minimum atomic E-state index is -0.274. The molecular weight excluding hydrogens is 236 g/mol. The topological polar surface area (TPSA) is 46.5 Å². The summed E-state index contributed by atoms with van der Waals surface area (Å²) in [5.74, 6) is 0.571. The van der Waals surface area contributed by atoms with Crippen molar-refractivity contribution in [3.05, 3.63) is 23.8 Å². The lowest BCUT2D eigenvalue weighted by atomic mass is 10.1. The number of fused-ring (bicyclic) bond motifs is 1. The van der Waals surface area contributed by atoms with Gasteiger partial charge in [0, 0.05) is 6.07 Å². The fourth-order valence-electron chi connectivity index (χ4n) is 1.24. The Hall–Kier alpha value is -1.03. The van der Waals surface area contributed by atoms with Crippen LogP contribution in [0.1, 0.15) is 10.4 Å². The van der Waals surface area contributed by atoms with Crippen LogP contribution in [0.25, 0.3) is 0 Å². The molecule has 2 rings (SSSR count). The van der Waals surface area contributed by atoms with Crippen molar-refractivity contribution in [2.45, 2.75) is 4.83 Å². The lowest BCUT2D eigenvalue weighted by Gasteiger charge is -2.19. The number of hydrogen-bond donors (Lipinski definition) is 1. The van der Waals surface area contributed by atoms with Gasteiger partial charge in [-0.25, -0.2) is 0 Å². The van der Waals surface area contributed by atoms with Crippen molar-refractivity contribution in [1.29, 1.82) is 0 Å². The summed E-state index contributed by atoms with van der Waals surface area (Å²) in [7, 11) is 0. The fraction of sp³-hybridized carbons (Fsp3) is 0.222. The second kappa shape index (κ2) is 3.03. The highest BCUT2D eigenvalue weighted by molar-refractivity contribution is 9.10. The van der Waals surface area contributed by atoms with Crippen molar-refractivity contribution in [3.63, 3.8) is 0 Å². The van der Waals surface area contributed by atoms with E-state index in [0.717, 1.165) is 0 Å². The van der Waals surface area contributed by atoms with Crippen LogP contribution in [0.5, 0.6) is 11.5 Å². The SMILES string of the molecule is O=C1c2ccc(O)cc2OC[C@@H]1Br. The molecule has 0 radical (unpaired) electrons. The van der Waals surface area contributed by atoms with Crippen LogP contribution >= 0.6 is 15.9 Å². The second-order valence-electron chi connectivity index (χ2n) is 2.82. The number of ether oxygens (including phenoxy) is 1. The Morgan fingerprint density at radius 3 is 3.08 bits per heavy atom. The van der Waals surface area contributed by atoms with Crippen LogP contribution in [0.4, 0.5) is 0 Å². The molecule has 0 aromatic heterocycles. The third-order valence-corrected chi connectivity index (χ3v) is 2.58. The summed E-state index contributed by atoms with van der Waals surface area (Å²) in [4.78, 5) is 11.2. The summed E-state index contributed by atoms with van der Waals surface area (Å²) in [6, 6.07) is 4.50. The average molecular weight is 243 g/mol. The quantitative estimate of drug-likeness (QED) is 0.706. The Morgan fingerprint density at radius 1 is 1.54 bits per heavy atom. The molecule has 0 amide bonds. The van der Waals surface area contributed by atoms with Gasteiger partial charge in [-0.05, 0) is 12.1 Å². The number of ketones is 1. The van der Waals surface area contributed by atoms with Gasteiger partial charge in [0.15, 0.2) is 5.78 Å². The number of Topliss-reactive ketones (excluding diaryl/α,β-unsaturated/α-hetero) is 1. The molecule has 13 heavy (non-hydrogen) atoms. The monoisotopic (exact) mass is 242 g/mol. The first-order chi connectivity index (χ1) is 6.18. The van der Waals surface area contributed by atoms with E-state index in [-0.39, 0.29) is 16.4 Å². The van der Waals surface area contributed by atoms with E-state index in [9.17, 15) is 4.79 Å². The van der Waals surface area contributed by atoms with E-state index in [1.54, 1.807) is 6.07 Å². The zero-order valence-corrected chi connectivity index (χ0v) is 8.24. The summed E-state index contributed by atoms with van der Waals surface area (Å²) >= 11 is 3.20. The minimum Gasteiger partial charge on any atom is -0.508 e. The maximum atomic E-state index is 11.5. The summed E-state index contributed by atoms with van der Waals surface area (Å²) in [6.45, 7) is 0.315. The molecular formula is C9H7BrO3. The van der Waals surface area contributed by atoms with Crippen LogP contribution in [-0.4, -0.2) is 22.3 Å². The largest absolute Gasteiger partial charge is 0.508 e. The molecule has 3 nitrogen and oxygen atoms in total. The normalized spacial score (nSPS) is 20.7. The molecule has 0 saturated carbocycles. The zero-order chi connectivity index (χ0) is 9.42.